The topological polar surface area (TPSA) is 15.3 Å². The molecule has 1 aliphatic heterocycles. The van der Waals surface area contributed by atoms with E-state index in [1.807, 2.05) is 0 Å². The van der Waals surface area contributed by atoms with Crippen molar-refractivity contribution in [1.82, 2.24) is 10.2 Å². The number of nitrogens with zero attached hydrogens (tertiary/aromatic N) is 1. The normalized spacial score (nSPS) is 36.0. The van der Waals surface area contributed by atoms with Gasteiger partial charge >= 0.3 is 0 Å². The first-order valence-electron chi connectivity index (χ1n) is 3.59. The highest BCUT2D eigenvalue weighted by Crippen LogP contribution is 2.11. The Hall–Kier alpha value is -0.0800. The molecule has 0 amide bonds. The van der Waals surface area contributed by atoms with E-state index in [0.717, 1.165) is 18.5 Å². The fourth-order valence-electron chi connectivity index (χ4n) is 1.49. The molecule has 54 valence electrons. The summed E-state index contributed by atoms with van der Waals surface area (Å²) < 4.78 is 0. The summed E-state index contributed by atoms with van der Waals surface area (Å²) in [7, 11) is 4.29. The standard InChI is InChI=1S/C7H16N2/c1-6-4-8-5-7(6)9(2)3/h6-8H,4-5H2,1-3H3/t6-,7+/m1/s1. The molecule has 2 atom stereocenters. The van der Waals surface area contributed by atoms with Crippen LogP contribution in [-0.2, 0) is 0 Å². The first-order chi connectivity index (χ1) is 4.22. The van der Waals surface area contributed by atoms with Crippen molar-refractivity contribution in [2.24, 2.45) is 5.92 Å². The van der Waals surface area contributed by atoms with E-state index in [-0.39, 0.29) is 0 Å². The van der Waals surface area contributed by atoms with Gasteiger partial charge in [-0.2, -0.15) is 0 Å². The summed E-state index contributed by atoms with van der Waals surface area (Å²) in [6, 6.07) is 0.755. The SMILES string of the molecule is C[C@@H]1CNC[C@@H]1N(C)C. The van der Waals surface area contributed by atoms with Crippen LogP contribution in [-0.4, -0.2) is 38.1 Å². The van der Waals surface area contributed by atoms with Crippen LogP contribution in [0.2, 0.25) is 0 Å². The first-order valence-corrected chi connectivity index (χ1v) is 3.59. The molecule has 0 aromatic carbocycles. The number of hydrogen-bond donors (Lipinski definition) is 1. The minimum Gasteiger partial charge on any atom is -0.315 e. The molecule has 1 rings (SSSR count). The van der Waals surface area contributed by atoms with Crippen LogP contribution in [0.3, 0.4) is 0 Å². The zero-order chi connectivity index (χ0) is 6.85. The van der Waals surface area contributed by atoms with Gasteiger partial charge in [-0.1, -0.05) is 6.92 Å². The molecule has 1 aliphatic rings. The molecule has 0 aromatic heterocycles. The van der Waals surface area contributed by atoms with Crippen LogP contribution in [0.5, 0.6) is 0 Å². The van der Waals surface area contributed by atoms with E-state index in [4.69, 9.17) is 0 Å². The molecule has 2 heteroatoms. The van der Waals surface area contributed by atoms with Crippen molar-refractivity contribution in [3.63, 3.8) is 0 Å². The fourth-order valence-corrected chi connectivity index (χ4v) is 1.49. The third-order valence-electron chi connectivity index (χ3n) is 2.14. The van der Waals surface area contributed by atoms with Crippen molar-refractivity contribution in [3.8, 4) is 0 Å². The molecular formula is C7H16N2. The first kappa shape index (κ1) is 7.03. The van der Waals surface area contributed by atoms with Gasteiger partial charge in [-0.25, -0.2) is 0 Å². The lowest BCUT2D eigenvalue weighted by Crippen LogP contribution is -2.33. The van der Waals surface area contributed by atoms with E-state index in [1.54, 1.807) is 0 Å². The van der Waals surface area contributed by atoms with Gasteiger partial charge in [0.05, 0.1) is 0 Å². The molecule has 2 nitrogen and oxygen atoms in total. The van der Waals surface area contributed by atoms with Gasteiger partial charge in [0, 0.05) is 12.6 Å². The van der Waals surface area contributed by atoms with Gasteiger partial charge in [0.25, 0.3) is 0 Å². The molecule has 1 N–H and O–H groups in total. The van der Waals surface area contributed by atoms with Gasteiger partial charge < -0.3 is 10.2 Å². The monoisotopic (exact) mass is 128 g/mol. The molecular weight excluding hydrogens is 112 g/mol. The van der Waals surface area contributed by atoms with E-state index in [9.17, 15) is 0 Å². The maximum absolute atomic E-state index is 3.36. The van der Waals surface area contributed by atoms with E-state index in [2.05, 4.69) is 31.2 Å². The van der Waals surface area contributed by atoms with Crippen molar-refractivity contribution in [2.75, 3.05) is 27.2 Å². The highest BCUT2D eigenvalue weighted by atomic mass is 15.2. The number of rotatable bonds is 1. The predicted octanol–water partition coefficient (Wildman–Crippen LogP) is 0.156. The Morgan fingerprint density at radius 1 is 1.33 bits per heavy atom. The van der Waals surface area contributed by atoms with Gasteiger partial charge in [-0.15, -0.1) is 0 Å². The maximum Gasteiger partial charge on any atom is 0.0252 e. The summed E-state index contributed by atoms with van der Waals surface area (Å²) in [6.07, 6.45) is 0. The Bertz CT molecular complexity index is 90.9. The van der Waals surface area contributed by atoms with Crippen molar-refractivity contribution in [2.45, 2.75) is 13.0 Å². The smallest absolute Gasteiger partial charge is 0.0252 e. The average molecular weight is 128 g/mol. The van der Waals surface area contributed by atoms with Crippen LogP contribution < -0.4 is 5.32 Å². The molecule has 0 bridgehead atoms. The molecule has 0 saturated carbocycles. The van der Waals surface area contributed by atoms with Crippen LogP contribution >= 0.6 is 0 Å². The summed E-state index contributed by atoms with van der Waals surface area (Å²) in [6.45, 7) is 4.64. The van der Waals surface area contributed by atoms with E-state index in [0.29, 0.717) is 0 Å². The Morgan fingerprint density at radius 2 is 2.00 bits per heavy atom. The second-order valence-electron chi connectivity index (χ2n) is 3.17. The molecule has 0 spiro atoms. The quantitative estimate of drug-likeness (QED) is 0.541. The van der Waals surface area contributed by atoms with E-state index < -0.39 is 0 Å². The molecule has 9 heavy (non-hydrogen) atoms. The van der Waals surface area contributed by atoms with Crippen LogP contribution in [0.4, 0.5) is 0 Å². The van der Waals surface area contributed by atoms with Gasteiger partial charge in [-0.05, 0) is 26.6 Å². The molecule has 1 fully saturated rings. The molecule has 0 aliphatic carbocycles. The summed E-state index contributed by atoms with van der Waals surface area (Å²) in [5.41, 5.74) is 0. The van der Waals surface area contributed by atoms with Crippen LogP contribution in [0, 0.1) is 5.92 Å². The largest absolute Gasteiger partial charge is 0.315 e. The summed E-state index contributed by atoms with van der Waals surface area (Å²) >= 11 is 0. The lowest BCUT2D eigenvalue weighted by atomic mass is 10.1. The van der Waals surface area contributed by atoms with Crippen molar-refractivity contribution in [1.29, 1.82) is 0 Å². The maximum atomic E-state index is 3.36. The number of hydrogen-bond acceptors (Lipinski definition) is 2. The predicted molar refractivity (Wildman–Crippen MR) is 39.5 cm³/mol. The summed E-state index contributed by atoms with van der Waals surface area (Å²) in [4.78, 5) is 2.30. The summed E-state index contributed by atoms with van der Waals surface area (Å²) in [5, 5.41) is 3.36. The molecule has 1 heterocycles. The summed E-state index contributed by atoms with van der Waals surface area (Å²) in [5.74, 6) is 0.819. The molecule has 1 saturated heterocycles. The average Bonchev–Trinajstić information content (AvgIpc) is 2.13. The zero-order valence-electron chi connectivity index (χ0n) is 6.52. The van der Waals surface area contributed by atoms with Crippen molar-refractivity contribution < 1.29 is 0 Å². The van der Waals surface area contributed by atoms with E-state index >= 15 is 0 Å². The number of likely N-dealkylation sites (N-methyl/N-ethyl adjacent to an activating group) is 1. The lowest BCUT2D eigenvalue weighted by molar-refractivity contribution is 0.266. The van der Waals surface area contributed by atoms with Crippen molar-refractivity contribution >= 4 is 0 Å². The van der Waals surface area contributed by atoms with Gasteiger partial charge in [0.1, 0.15) is 0 Å². The van der Waals surface area contributed by atoms with Crippen LogP contribution in [0.25, 0.3) is 0 Å². The Balaban J connectivity index is 2.40. The minimum atomic E-state index is 0.755. The Labute approximate surface area is 57.2 Å². The van der Waals surface area contributed by atoms with Crippen LogP contribution in [0.1, 0.15) is 6.92 Å². The van der Waals surface area contributed by atoms with Gasteiger partial charge in [-0.3, -0.25) is 0 Å². The number of nitrogens with one attached hydrogen (secondary N) is 1. The molecule has 0 unspecified atom stereocenters. The highest BCUT2D eigenvalue weighted by Gasteiger charge is 2.23. The Kier molecular flexibility index (Phi) is 2.09. The molecule has 0 aromatic rings. The minimum absolute atomic E-state index is 0.755. The van der Waals surface area contributed by atoms with Gasteiger partial charge in [0.2, 0.25) is 0 Å². The highest BCUT2D eigenvalue weighted by molar-refractivity contribution is 4.83. The third-order valence-corrected chi connectivity index (χ3v) is 2.14. The van der Waals surface area contributed by atoms with E-state index in [1.165, 1.54) is 6.54 Å². The fraction of sp³-hybridized carbons (Fsp3) is 1.00. The Morgan fingerprint density at radius 3 is 2.22 bits per heavy atom. The third kappa shape index (κ3) is 1.43. The lowest BCUT2D eigenvalue weighted by Gasteiger charge is -2.21. The second kappa shape index (κ2) is 2.67. The molecule has 0 radical (unpaired) electrons. The van der Waals surface area contributed by atoms with Crippen LogP contribution in [0.15, 0.2) is 0 Å². The van der Waals surface area contributed by atoms with Crippen molar-refractivity contribution in [3.05, 3.63) is 0 Å². The zero-order valence-corrected chi connectivity index (χ0v) is 6.52. The second-order valence-corrected chi connectivity index (χ2v) is 3.17. The van der Waals surface area contributed by atoms with Gasteiger partial charge in [0.15, 0.2) is 0 Å².